The van der Waals surface area contributed by atoms with Gasteiger partial charge in [0.2, 0.25) is 22.6 Å². The van der Waals surface area contributed by atoms with Crippen molar-refractivity contribution in [2.45, 2.75) is 25.9 Å². The van der Waals surface area contributed by atoms with Crippen molar-refractivity contribution in [1.29, 1.82) is 5.26 Å². The average Bonchev–Trinajstić information content (AvgIpc) is 3.29. The molecular weight excluding hydrogens is 392 g/mol. The quantitative estimate of drug-likeness (QED) is 0.585. The van der Waals surface area contributed by atoms with Crippen LogP contribution in [-0.4, -0.2) is 67.3 Å². The molecule has 0 unspecified atom stereocenters. The summed E-state index contributed by atoms with van der Waals surface area (Å²) in [6.45, 7) is 7.88. The van der Waals surface area contributed by atoms with E-state index in [1.807, 2.05) is 29.7 Å². The number of fused-ring (bicyclic) bond motifs is 1. The zero-order chi connectivity index (χ0) is 20.5. The monoisotopic (exact) mass is 412 g/mol. The number of hydrogen-bond donors (Lipinski definition) is 0. The molecule has 3 aromatic rings. The highest BCUT2D eigenvalue weighted by Gasteiger charge is 2.26. The Bertz CT molecular complexity index is 1110. The number of aryl methyl sites for hydroxylation is 3. The van der Waals surface area contributed by atoms with Gasteiger partial charge in [-0.25, -0.2) is 14.5 Å². The summed E-state index contributed by atoms with van der Waals surface area (Å²) in [5.41, 5.74) is 2.12. The topological polar surface area (TPSA) is 116 Å². The van der Waals surface area contributed by atoms with Crippen molar-refractivity contribution in [3.8, 4) is 6.07 Å². The molecule has 29 heavy (non-hydrogen) atoms. The Hall–Kier alpha value is -3.13. The van der Waals surface area contributed by atoms with Gasteiger partial charge in [0.05, 0.1) is 5.75 Å². The maximum Gasteiger partial charge on any atom is 0.253 e. The molecule has 1 fully saturated rings. The number of nitriles is 1. The maximum absolute atomic E-state index is 12.6. The van der Waals surface area contributed by atoms with Crippen LogP contribution in [0.5, 0.6) is 0 Å². The highest BCUT2D eigenvalue weighted by atomic mass is 32.2. The van der Waals surface area contributed by atoms with Gasteiger partial charge >= 0.3 is 0 Å². The Kier molecular flexibility index (Phi) is 5.10. The molecule has 3 aromatic heterocycles. The summed E-state index contributed by atoms with van der Waals surface area (Å²) in [5.74, 6) is 1.79. The highest BCUT2D eigenvalue weighted by molar-refractivity contribution is 7.99. The molecule has 11 heteroatoms. The van der Waals surface area contributed by atoms with Gasteiger partial charge in [0.1, 0.15) is 6.07 Å². The normalized spacial score (nSPS) is 14.4. The number of carbonyl (C=O) groups excluding carboxylic acids is 1. The second-order valence-corrected chi connectivity index (χ2v) is 7.74. The molecule has 0 saturated carbocycles. The van der Waals surface area contributed by atoms with Crippen molar-refractivity contribution >= 4 is 29.3 Å². The molecule has 150 valence electrons. The number of thioether (sulfide) groups is 1. The Labute approximate surface area is 171 Å². The number of carbonyl (C=O) groups is 1. The third-order valence-electron chi connectivity index (χ3n) is 4.67. The Morgan fingerprint density at radius 2 is 1.97 bits per heavy atom. The molecule has 1 aliphatic heterocycles. The van der Waals surface area contributed by atoms with Crippen molar-refractivity contribution < 1.29 is 9.21 Å². The van der Waals surface area contributed by atoms with E-state index in [4.69, 9.17) is 4.42 Å². The molecule has 0 bridgehead atoms. The number of amides is 1. The van der Waals surface area contributed by atoms with Crippen molar-refractivity contribution in [2.24, 2.45) is 0 Å². The van der Waals surface area contributed by atoms with Crippen LogP contribution in [0.25, 0.3) is 5.78 Å². The van der Waals surface area contributed by atoms with Gasteiger partial charge in [-0.05, 0) is 19.9 Å². The molecule has 0 radical (unpaired) electrons. The van der Waals surface area contributed by atoms with Gasteiger partial charge in [0, 0.05) is 44.5 Å². The van der Waals surface area contributed by atoms with Gasteiger partial charge < -0.3 is 14.2 Å². The minimum Gasteiger partial charge on any atom is -0.424 e. The van der Waals surface area contributed by atoms with Crippen LogP contribution in [0.4, 0.5) is 5.88 Å². The first kappa shape index (κ1) is 19.2. The first-order valence-electron chi connectivity index (χ1n) is 9.18. The fourth-order valence-corrected chi connectivity index (χ4v) is 4.01. The van der Waals surface area contributed by atoms with Crippen molar-refractivity contribution in [3.63, 3.8) is 0 Å². The first-order chi connectivity index (χ1) is 13.9. The number of nitrogens with zero attached hydrogens (tertiary/aromatic N) is 8. The molecule has 10 nitrogen and oxygen atoms in total. The fourth-order valence-electron chi connectivity index (χ4n) is 3.29. The van der Waals surface area contributed by atoms with Crippen LogP contribution in [0.15, 0.2) is 15.6 Å². The molecule has 0 aliphatic carbocycles. The lowest BCUT2D eigenvalue weighted by atomic mass is 10.3. The molecule has 1 saturated heterocycles. The third kappa shape index (κ3) is 3.88. The van der Waals surface area contributed by atoms with E-state index in [9.17, 15) is 10.1 Å². The minimum absolute atomic E-state index is 0.0311. The number of aromatic nitrogens is 5. The Morgan fingerprint density at radius 1 is 1.21 bits per heavy atom. The molecule has 0 aromatic carbocycles. The van der Waals surface area contributed by atoms with Crippen LogP contribution in [-0.2, 0) is 4.79 Å². The summed E-state index contributed by atoms with van der Waals surface area (Å²) in [5, 5.41) is 14.1. The lowest BCUT2D eigenvalue weighted by Gasteiger charge is -2.34. The smallest absolute Gasteiger partial charge is 0.253 e. The predicted octanol–water partition coefficient (Wildman–Crippen LogP) is 1.35. The van der Waals surface area contributed by atoms with Crippen molar-refractivity contribution in [1.82, 2.24) is 29.5 Å². The zero-order valence-corrected chi connectivity index (χ0v) is 17.2. The zero-order valence-electron chi connectivity index (χ0n) is 16.4. The van der Waals surface area contributed by atoms with Gasteiger partial charge in [0.25, 0.3) is 5.78 Å². The van der Waals surface area contributed by atoms with Gasteiger partial charge in [-0.15, -0.1) is 5.10 Å². The minimum atomic E-state index is 0.0311. The summed E-state index contributed by atoms with van der Waals surface area (Å²) in [6, 6.07) is 3.99. The summed E-state index contributed by atoms with van der Waals surface area (Å²) >= 11 is 1.31. The standard InChI is InChI=1S/C18H20N8O2S/c1-11-8-12(2)26-17(20-11)22-18(23-26)29-10-15(27)24-4-6-25(7-5-24)16-14(9-19)21-13(3)28-16/h8H,4-7,10H2,1-3H3. The molecule has 1 aliphatic rings. The van der Waals surface area contributed by atoms with E-state index in [0.29, 0.717) is 48.9 Å². The maximum atomic E-state index is 12.6. The predicted molar refractivity (Wildman–Crippen MR) is 106 cm³/mol. The molecule has 4 heterocycles. The van der Waals surface area contributed by atoms with Crippen LogP contribution >= 0.6 is 11.8 Å². The first-order valence-corrected chi connectivity index (χ1v) is 10.2. The molecule has 0 spiro atoms. The third-order valence-corrected chi connectivity index (χ3v) is 5.49. The van der Waals surface area contributed by atoms with E-state index < -0.39 is 0 Å². The average molecular weight is 412 g/mol. The summed E-state index contributed by atoms with van der Waals surface area (Å²) in [6.07, 6.45) is 0. The molecular formula is C18H20N8O2S. The van der Waals surface area contributed by atoms with Crippen LogP contribution in [0.1, 0.15) is 23.0 Å². The van der Waals surface area contributed by atoms with E-state index in [2.05, 4.69) is 26.1 Å². The Morgan fingerprint density at radius 3 is 2.69 bits per heavy atom. The Balaban J connectivity index is 1.34. The van der Waals surface area contributed by atoms with Gasteiger partial charge in [-0.2, -0.15) is 10.2 Å². The van der Waals surface area contributed by atoms with Crippen LogP contribution in [0.3, 0.4) is 0 Å². The van der Waals surface area contributed by atoms with Crippen LogP contribution in [0.2, 0.25) is 0 Å². The molecule has 1 amide bonds. The van der Waals surface area contributed by atoms with E-state index in [0.717, 1.165) is 11.4 Å². The van der Waals surface area contributed by atoms with Crippen LogP contribution < -0.4 is 4.90 Å². The summed E-state index contributed by atoms with van der Waals surface area (Å²) in [7, 11) is 0. The number of hydrogen-bond acceptors (Lipinski definition) is 9. The van der Waals surface area contributed by atoms with Gasteiger partial charge in [-0.1, -0.05) is 11.8 Å². The van der Waals surface area contributed by atoms with Gasteiger partial charge in [-0.3, -0.25) is 4.79 Å². The fraction of sp³-hybridized carbons (Fsp3) is 0.444. The second-order valence-electron chi connectivity index (χ2n) is 6.80. The summed E-state index contributed by atoms with van der Waals surface area (Å²) < 4.78 is 7.24. The lowest BCUT2D eigenvalue weighted by molar-refractivity contribution is -0.128. The number of anilines is 1. The van der Waals surface area contributed by atoms with Crippen molar-refractivity contribution in [3.05, 3.63) is 29.0 Å². The SMILES string of the molecule is Cc1cc(C)n2nc(SCC(=O)N3CCN(c4oc(C)nc4C#N)CC3)nc2n1. The second kappa shape index (κ2) is 7.71. The van der Waals surface area contributed by atoms with E-state index in [1.54, 1.807) is 11.4 Å². The van der Waals surface area contributed by atoms with E-state index in [-0.39, 0.29) is 17.4 Å². The highest BCUT2D eigenvalue weighted by Crippen LogP contribution is 2.23. The van der Waals surface area contributed by atoms with Gasteiger partial charge in [0.15, 0.2) is 5.89 Å². The lowest BCUT2D eigenvalue weighted by Crippen LogP contribution is -2.49. The number of oxazole rings is 1. The number of rotatable bonds is 4. The van der Waals surface area contributed by atoms with E-state index in [1.165, 1.54) is 11.8 Å². The summed E-state index contributed by atoms with van der Waals surface area (Å²) in [4.78, 5) is 29.2. The largest absolute Gasteiger partial charge is 0.424 e. The molecule has 4 rings (SSSR count). The van der Waals surface area contributed by atoms with E-state index >= 15 is 0 Å². The molecule has 0 N–H and O–H groups in total. The van der Waals surface area contributed by atoms with Crippen LogP contribution in [0, 0.1) is 32.1 Å². The van der Waals surface area contributed by atoms with Crippen molar-refractivity contribution in [2.75, 3.05) is 36.8 Å². The molecule has 0 atom stereocenters. The number of piperazine rings is 1.